The summed E-state index contributed by atoms with van der Waals surface area (Å²) < 4.78 is 0.792. The normalized spacial score (nSPS) is 14.1. The number of aryl methyl sites for hydroxylation is 1. The van der Waals surface area contributed by atoms with Gasteiger partial charge in [-0.2, -0.15) is 11.8 Å². The van der Waals surface area contributed by atoms with Crippen molar-refractivity contribution in [2.24, 2.45) is 0 Å². The molecule has 1 atom stereocenters. The van der Waals surface area contributed by atoms with Gasteiger partial charge in [0.15, 0.2) is 0 Å². The van der Waals surface area contributed by atoms with Gasteiger partial charge in [-0.1, -0.05) is 0 Å². The lowest BCUT2D eigenvalue weighted by Gasteiger charge is -2.23. The Hall–Kier alpha value is -1.38. The van der Waals surface area contributed by atoms with Gasteiger partial charge < -0.3 is 10.4 Å². The predicted molar refractivity (Wildman–Crippen MR) is 88.5 cm³/mol. The number of hydrogen-bond donors (Lipinski definition) is 2. The lowest BCUT2D eigenvalue weighted by atomic mass is 10.1. The van der Waals surface area contributed by atoms with Crippen LogP contribution in [0.2, 0.25) is 0 Å². The third-order valence-electron chi connectivity index (χ3n) is 2.92. The highest BCUT2D eigenvalue weighted by molar-refractivity contribution is 7.98. The molecule has 21 heavy (non-hydrogen) atoms. The summed E-state index contributed by atoms with van der Waals surface area (Å²) in [5.41, 5.74) is 0.195. The van der Waals surface area contributed by atoms with Crippen LogP contribution in [0.25, 0.3) is 10.2 Å². The Morgan fingerprint density at radius 2 is 2.29 bits per heavy atom. The number of thioether (sulfide) groups is 1. The van der Waals surface area contributed by atoms with E-state index >= 15 is 0 Å². The summed E-state index contributed by atoms with van der Waals surface area (Å²) in [5.74, 6) is 0.547. The van der Waals surface area contributed by atoms with Gasteiger partial charge in [-0.15, -0.1) is 11.3 Å². The zero-order valence-corrected chi connectivity index (χ0v) is 13.7. The Labute approximate surface area is 130 Å². The first-order chi connectivity index (χ1) is 9.82. The highest BCUT2D eigenvalue weighted by atomic mass is 32.2. The number of aromatic nitrogens is 1. The maximum atomic E-state index is 11.2. The van der Waals surface area contributed by atoms with Gasteiger partial charge in [0.1, 0.15) is 5.69 Å². The van der Waals surface area contributed by atoms with Crippen LogP contribution in [0.15, 0.2) is 12.1 Å². The summed E-state index contributed by atoms with van der Waals surface area (Å²) in [5, 5.41) is 25.2. The second kappa shape index (κ2) is 6.17. The van der Waals surface area contributed by atoms with E-state index in [1.807, 2.05) is 13.2 Å². The quantitative estimate of drug-likeness (QED) is 0.626. The van der Waals surface area contributed by atoms with Gasteiger partial charge in [-0.05, 0) is 26.2 Å². The minimum Gasteiger partial charge on any atom is -0.387 e. The second-order valence-electron chi connectivity index (χ2n) is 5.11. The molecule has 1 aromatic heterocycles. The first-order valence-electron chi connectivity index (χ1n) is 6.33. The molecule has 0 aliphatic rings. The van der Waals surface area contributed by atoms with Gasteiger partial charge in [-0.25, -0.2) is 4.98 Å². The molecule has 2 aromatic rings. The van der Waals surface area contributed by atoms with Gasteiger partial charge >= 0.3 is 0 Å². The molecule has 0 aliphatic carbocycles. The van der Waals surface area contributed by atoms with Crippen LogP contribution in [0.3, 0.4) is 0 Å². The molecule has 6 nitrogen and oxygen atoms in total. The van der Waals surface area contributed by atoms with Crippen molar-refractivity contribution < 1.29 is 10.0 Å². The summed E-state index contributed by atoms with van der Waals surface area (Å²) in [6.07, 6.45) is 1.90. The molecule has 2 N–H and O–H groups in total. The van der Waals surface area contributed by atoms with Crippen LogP contribution in [-0.4, -0.2) is 39.2 Å². The maximum absolute atomic E-state index is 11.2. The molecular formula is C13H17N3O3S2. The van der Waals surface area contributed by atoms with E-state index in [0.717, 1.165) is 15.2 Å². The van der Waals surface area contributed by atoms with Crippen molar-refractivity contribution in [3.05, 3.63) is 27.3 Å². The van der Waals surface area contributed by atoms with Crippen LogP contribution in [0.1, 0.15) is 11.9 Å². The van der Waals surface area contributed by atoms with E-state index in [2.05, 4.69) is 10.3 Å². The van der Waals surface area contributed by atoms with E-state index in [-0.39, 0.29) is 12.2 Å². The minimum absolute atomic E-state index is 0.00565. The lowest BCUT2D eigenvalue weighted by molar-refractivity contribution is -0.383. The standard InChI is InChI=1S/C13H17N3O3S2/c1-8-15-10-4-9(14-6-13(2,17)7-20-3)11(16(18)19)5-12(10)21-8/h4-5,14,17H,6-7H2,1-3H3. The van der Waals surface area contributed by atoms with Crippen molar-refractivity contribution in [3.8, 4) is 0 Å². The topological polar surface area (TPSA) is 88.3 Å². The number of thiazole rings is 1. The van der Waals surface area contributed by atoms with Crippen molar-refractivity contribution >= 4 is 44.7 Å². The Morgan fingerprint density at radius 3 is 2.90 bits per heavy atom. The van der Waals surface area contributed by atoms with Crippen LogP contribution in [0.5, 0.6) is 0 Å². The summed E-state index contributed by atoms with van der Waals surface area (Å²) in [6, 6.07) is 3.21. The van der Waals surface area contributed by atoms with Crippen molar-refractivity contribution in [2.45, 2.75) is 19.4 Å². The number of nitro benzene ring substituents is 1. The molecule has 0 fully saturated rings. The minimum atomic E-state index is -0.930. The fraction of sp³-hybridized carbons (Fsp3) is 0.462. The number of hydrogen-bond acceptors (Lipinski definition) is 7. The Bertz CT molecular complexity index is 670. The molecule has 2 rings (SSSR count). The Balaban J connectivity index is 2.32. The van der Waals surface area contributed by atoms with E-state index in [9.17, 15) is 15.2 Å². The second-order valence-corrected chi connectivity index (χ2v) is 7.21. The van der Waals surface area contributed by atoms with Gasteiger partial charge in [0, 0.05) is 18.4 Å². The monoisotopic (exact) mass is 327 g/mol. The van der Waals surface area contributed by atoms with E-state index in [1.165, 1.54) is 29.2 Å². The molecule has 0 radical (unpaired) electrons. The summed E-state index contributed by atoms with van der Waals surface area (Å²) >= 11 is 2.95. The van der Waals surface area contributed by atoms with E-state index < -0.39 is 10.5 Å². The molecule has 1 aromatic carbocycles. The lowest BCUT2D eigenvalue weighted by Crippen LogP contribution is -2.36. The first-order valence-corrected chi connectivity index (χ1v) is 8.54. The zero-order chi connectivity index (χ0) is 15.6. The fourth-order valence-electron chi connectivity index (χ4n) is 2.02. The van der Waals surface area contributed by atoms with E-state index in [1.54, 1.807) is 13.0 Å². The van der Waals surface area contributed by atoms with Crippen molar-refractivity contribution in [3.63, 3.8) is 0 Å². The Morgan fingerprint density at radius 1 is 1.57 bits per heavy atom. The molecule has 0 amide bonds. The third-order valence-corrected chi connectivity index (χ3v) is 4.77. The van der Waals surface area contributed by atoms with E-state index in [0.29, 0.717) is 11.4 Å². The number of nitro groups is 1. The fourth-order valence-corrected chi connectivity index (χ4v) is 3.58. The Kier molecular flexibility index (Phi) is 4.70. The van der Waals surface area contributed by atoms with Crippen LogP contribution in [-0.2, 0) is 0 Å². The average Bonchev–Trinajstić information content (AvgIpc) is 2.74. The van der Waals surface area contributed by atoms with Gasteiger partial charge in [0.05, 0.1) is 25.7 Å². The SMILES string of the molecule is CSCC(C)(O)CNc1cc2nc(C)sc2cc1[N+](=O)[O-]. The van der Waals surface area contributed by atoms with Crippen molar-refractivity contribution in [1.82, 2.24) is 4.98 Å². The number of nitrogens with zero attached hydrogens (tertiary/aromatic N) is 2. The smallest absolute Gasteiger partial charge is 0.293 e. The van der Waals surface area contributed by atoms with Gasteiger partial charge in [-0.3, -0.25) is 10.1 Å². The number of aliphatic hydroxyl groups is 1. The van der Waals surface area contributed by atoms with Crippen LogP contribution >= 0.6 is 23.1 Å². The summed E-state index contributed by atoms with van der Waals surface area (Å²) in [6.45, 7) is 3.81. The first kappa shape index (κ1) is 16.0. The van der Waals surface area contributed by atoms with Crippen molar-refractivity contribution in [1.29, 1.82) is 0 Å². The molecule has 0 saturated carbocycles. The van der Waals surface area contributed by atoms with Crippen LogP contribution in [0.4, 0.5) is 11.4 Å². The number of nitrogens with one attached hydrogen (secondary N) is 1. The average molecular weight is 327 g/mol. The largest absolute Gasteiger partial charge is 0.387 e. The molecule has 1 unspecified atom stereocenters. The number of rotatable bonds is 6. The highest BCUT2D eigenvalue weighted by Gasteiger charge is 2.22. The van der Waals surface area contributed by atoms with Gasteiger partial charge in [0.2, 0.25) is 0 Å². The molecule has 114 valence electrons. The summed E-state index contributed by atoms with van der Waals surface area (Å²) in [4.78, 5) is 15.1. The number of fused-ring (bicyclic) bond motifs is 1. The zero-order valence-electron chi connectivity index (χ0n) is 12.0. The summed E-state index contributed by atoms with van der Waals surface area (Å²) in [7, 11) is 0. The van der Waals surface area contributed by atoms with Gasteiger partial charge in [0.25, 0.3) is 5.69 Å². The van der Waals surface area contributed by atoms with Crippen molar-refractivity contribution in [2.75, 3.05) is 23.9 Å². The number of benzene rings is 1. The molecule has 0 bridgehead atoms. The maximum Gasteiger partial charge on any atom is 0.293 e. The van der Waals surface area contributed by atoms with E-state index in [4.69, 9.17) is 0 Å². The highest BCUT2D eigenvalue weighted by Crippen LogP contribution is 2.33. The molecule has 1 heterocycles. The molecule has 0 aliphatic heterocycles. The van der Waals surface area contributed by atoms with Crippen LogP contribution in [0, 0.1) is 17.0 Å². The number of anilines is 1. The molecular weight excluding hydrogens is 310 g/mol. The predicted octanol–water partition coefficient (Wildman–Crippen LogP) is 3.04. The molecule has 0 saturated heterocycles. The molecule has 8 heteroatoms. The third kappa shape index (κ3) is 3.84. The molecule has 0 spiro atoms. The van der Waals surface area contributed by atoms with Crippen LogP contribution < -0.4 is 5.32 Å².